The van der Waals surface area contributed by atoms with Gasteiger partial charge < -0.3 is 9.64 Å². The average molecular weight is 352 g/mol. The molecule has 0 bridgehead atoms. The van der Waals surface area contributed by atoms with Crippen molar-refractivity contribution in [2.24, 2.45) is 0 Å². The van der Waals surface area contributed by atoms with Gasteiger partial charge in [0.25, 0.3) is 10.0 Å². The van der Waals surface area contributed by atoms with Gasteiger partial charge in [-0.1, -0.05) is 6.07 Å². The van der Waals surface area contributed by atoms with Crippen molar-refractivity contribution in [1.82, 2.24) is 9.97 Å². The van der Waals surface area contributed by atoms with Crippen molar-refractivity contribution in [1.29, 1.82) is 0 Å². The SMILES string of the molecule is O=S(=O)(c1cccs1)N1CCc2cnc(N3CCOCC3)nc21. The standard InChI is InChI=1S/C14H16N4O3S2/c19-23(20,12-2-1-9-22-12)18-4-3-11-10-15-14(16-13(11)18)17-5-7-21-8-6-17/h1-2,9-10H,3-8H2. The van der Waals surface area contributed by atoms with E-state index >= 15 is 0 Å². The van der Waals surface area contributed by atoms with Crippen LogP contribution in [-0.4, -0.2) is 51.2 Å². The fourth-order valence-corrected chi connectivity index (χ4v) is 5.33. The van der Waals surface area contributed by atoms with Crippen LogP contribution in [-0.2, 0) is 21.2 Å². The molecule has 0 amide bonds. The third-order valence-electron chi connectivity index (χ3n) is 3.98. The zero-order chi connectivity index (χ0) is 15.9. The number of anilines is 2. The third-order valence-corrected chi connectivity index (χ3v) is 7.15. The van der Waals surface area contributed by atoms with Gasteiger partial charge in [0.05, 0.1) is 13.2 Å². The molecule has 4 rings (SSSR count). The lowest BCUT2D eigenvalue weighted by Crippen LogP contribution is -2.37. The van der Waals surface area contributed by atoms with E-state index in [1.54, 1.807) is 23.7 Å². The molecule has 1 fully saturated rings. The molecule has 2 aromatic rings. The van der Waals surface area contributed by atoms with Crippen LogP contribution in [0.5, 0.6) is 0 Å². The highest BCUT2D eigenvalue weighted by atomic mass is 32.2. The summed E-state index contributed by atoms with van der Waals surface area (Å²) in [5.41, 5.74) is 0.877. The molecule has 9 heteroatoms. The van der Waals surface area contributed by atoms with Crippen molar-refractivity contribution in [2.45, 2.75) is 10.6 Å². The first-order valence-corrected chi connectivity index (χ1v) is 9.73. The van der Waals surface area contributed by atoms with Gasteiger partial charge in [-0.05, 0) is 17.9 Å². The molecule has 0 unspecified atom stereocenters. The Hall–Kier alpha value is -1.71. The van der Waals surface area contributed by atoms with Gasteiger partial charge >= 0.3 is 0 Å². The smallest absolute Gasteiger partial charge is 0.275 e. The Morgan fingerprint density at radius 1 is 1.22 bits per heavy atom. The van der Waals surface area contributed by atoms with E-state index in [2.05, 4.69) is 9.97 Å². The van der Waals surface area contributed by atoms with E-state index in [0.717, 1.165) is 18.7 Å². The Morgan fingerprint density at radius 3 is 2.78 bits per heavy atom. The van der Waals surface area contributed by atoms with Crippen LogP contribution < -0.4 is 9.21 Å². The van der Waals surface area contributed by atoms with Gasteiger partial charge in [0, 0.05) is 31.4 Å². The Kier molecular flexibility index (Phi) is 3.70. The summed E-state index contributed by atoms with van der Waals surface area (Å²) in [6, 6.07) is 3.37. The van der Waals surface area contributed by atoms with E-state index in [1.165, 1.54) is 15.6 Å². The second-order valence-electron chi connectivity index (χ2n) is 5.38. The minimum atomic E-state index is -3.54. The maximum Gasteiger partial charge on any atom is 0.275 e. The van der Waals surface area contributed by atoms with Crippen LogP contribution in [0.2, 0.25) is 0 Å². The Bertz CT molecular complexity index is 801. The molecule has 0 radical (unpaired) electrons. The molecule has 2 aliphatic heterocycles. The van der Waals surface area contributed by atoms with Gasteiger partial charge in [-0.15, -0.1) is 11.3 Å². The van der Waals surface area contributed by atoms with Crippen molar-refractivity contribution in [2.75, 3.05) is 42.1 Å². The molecule has 0 spiro atoms. The molecule has 1 saturated heterocycles. The molecule has 2 aliphatic rings. The minimum Gasteiger partial charge on any atom is -0.378 e. The molecule has 7 nitrogen and oxygen atoms in total. The number of aromatic nitrogens is 2. The summed E-state index contributed by atoms with van der Waals surface area (Å²) in [5.74, 6) is 1.08. The quantitative estimate of drug-likeness (QED) is 0.824. The average Bonchev–Trinajstić information content (AvgIpc) is 3.25. The minimum absolute atomic E-state index is 0.344. The Balaban J connectivity index is 1.70. The Labute approximate surface area is 138 Å². The van der Waals surface area contributed by atoms with Crippen molar-refractivity contribution >= 4 is 33.1 Å². The molecule has 122 valence electrons. The molecule has 0 aromatic carbocycles. The van der Waals surface area contributed by atoms with Gasteiger partial charge in [0.1, 0.15) is 4.21 Å². The molecular formula is C14H16N4O3S2. The highest BCUT2D eigenvalue weighted by Crippen LogP contribution is 2.33. The maximum atomic E-state index is 12.8. The molecule has 4 heterocycles. The summed E-state index contributed by atoms with van der Waals surface area (Å²) in [4.78, 5) is 11.0. The van der Waals surface area contributed by atoms with Crippen molar-refractivity contribution in [3.8, 4) is 0 Å². The lowest BCUT2D eigenvalue weighted by Gasteiger charge is -2.27. The van der Waals surface area contributed by atoms with E-state index < -0.39 is 10.0 Å². The number of hydrogen-bond acceptors (Lipinski definition) is 7. The van der Waals surface area contributed by atoms with Crippen molar-refractivity contribution < 1.29 is 13.2 Å². The number of thiophene rings is 1. The van der Waals surface area contributed by atoms with E-state index in [4.69, 9.17) is 4.74 Å². The van der Waals surface area contributed by atoms with E-state index in [0.29, 0.717) is 42.2 Å². The summed E-state index contributed by atoms with van der Waals surface area (Å²) < 4.78 is 32.7. The van der Waals surface area contributed by atoms with E-state index in [9.17, 15) is 8.42 Å². The summed E-state index contributed by atoms with van der Waals surface area (Å²) >= 11 is 1.22. The maximum absolute atomic E-state index is 12.8. The summed E-state index contributed by atoms with van der Waals surface area (Å²) in [6.45, 7) is 3.12. The fraction of sp³-hybridized carbons (Fsp3) is 0.429. The van der Waals surface area contributed by atoms with Gasteiger partial charge in [0.2, 0.25) is 5.95 Å². The van der Waals surface area contributed by atoms with Crippen LogP contribution in [0.15, 0.2) is 27.9 Å². The summed E-state index contributed by atoms with van der Waals surface area (Å²) in [6.07, 6.45) is 2.39. The van der Waals surface area contributed by atoms with Gasteiger partial charge in [0.15, 0.2) is 5.82 Å². The number of nitrogens with zero attached hydrogens (tertiary/aromatic N) is 4. The molecule has 0 aliphatic carbocycles. The number of ether oxygens (including phenoxy) is 1. The number of morpholine rings is 1. The molecule has 23 heavy (non-hydrogen) atoms. The van der Waals surface area contributed by atoms with Gasteiger partial charge in [-0.25, -0.2) is 17.7 Å². The highest BCUT2D eigenvalue weighted by molar-refractivity contribution is 7.94. The first-order chi connectivity index (χ1) is 11.2. The number of sulfonamides is 1. The van der Waals surface area contributed by atoms with Crippen LogP contribution in [0.1, 0.15) is 5.56 Å². The number of rotatable bonds is 3. The second kappa shape index (κ2) is 5.73. The normalized spacial score (nSPS) is 18.3. The van der Waals surface area contributed by atoms with Gasteiger partial charge in [-0.3, -0.25) is 0 Å². The predicted octanol–water partition coefficient (Wildman–Crippen LogP) is 1.13. The summed E-state index contributed by atoms with van der Waals surface area (Å²) in [7, 11) is -3.54. The fourth-order valence-electron chi connectivity index (χ4n) is 2.78. The van der Waals surface area contributed by atoms with E-state index in [-0.39, 0.29) is 0 Å². The number of fused-ring (bicyclic) bond motifs is 1. The summed E-state index contributed by atoms with van der Waals surface area (Å²) in [5, 5.41) is 1.77. The largest absolute Gasteiger partial charge is 0.378 e. The molecular weight excluding hydrogens is 336 g/mol. The van der Waals surface area contributed by atoms with Crippen LogP contribution in [0, 0.1) is 0 Å². The lowest BCUT2D eigenvalue weighted by atomic mass is 10.3. The van der Waals surface area contributed by atoms with Crippen LogP contribution in [0.3, 0.4) is 0 Å². The lowest BCUT2D eigenvalue weighted by molar-refractivity contribution is 0.122. The number of hydrogen-bond donors (Lipinski definition) is 0. The first-order valence-electron chi connectivity index (χ1n) is 7.41. The molecule has 0 atom stereocenters. The van der Waals surface area contributed by atoms with Crippen LogP contribution in [0.4, 0.5) is 11.8 Å². The zero-order valence-corrected chi connectivity index (χ0v) is 14.0. The predicted molar refractivity (Wildman–Crippen MR) is 87.6 cm³/mol. The second-order valence-corrected chi connectivity index (χ2v) is 8.41. The molecule has 2 aromatic heterocycles. The van der Waals surface area contributed by atoms with E-state index in [1.807, 2.05) is 4.90 Å². The van der Waals surface area contributed by atoms with Crippen molar-refractivity contribution in [3.05, 3.63) is 29.3 Å². The third kappa shape index (κ3) is 2.58. The van der Waals surface area contributed by atoms with Crippen LogP contribution in [0.25, 0.3) is 0 Å². The van der Waals surface area contributed by atoms with Crippen LogP contribution >= 0.6 is 11.3 Å². The van der Waals surface area contributed by atoms with Crippen molar-refractivity contribution in [3.63, 3.8) is 0 Å². The Morgan fingerprint density at radius 2 is 2.04 bits per heavy atom. The molecule has 0 N–H and O–H groups in total. The van der Waals surface area contributed by atoms with Gasteiger partial charge in [-0.2, -0.15) is 4.98 Å². The highest BCUT2D eigenvalue weighted by Gasteiger charge is 2.33. The molecule has 0 saturated carbocycles. The first kappa shape index (κ1) is 14.9. The zero-order valence-electron chi connectivity index (χ0n) is 12.4. The topological polar surface area (TPSA) is 75.6 Å². The monoisotopic (exact) mass is 352 g/mol.